The zero-order chi connectivity index (χ0) is 51.0. The monoisotopic (exact) mass is 1030 g/mol. The Morgan fingerprint density at radius 2 is 1.49 bits per heavy atom. The van der Waals surface area contributed by atoms with E-state index < -0.39 is 6.72 Å². The van der Waals surface area contributed by atoms with Gasteiger partial charge < -0.3 is 38.4 Å². The first-order chi connectivity index (χ1) is 35.6. The quantitative estimate of drug-likeness (QED) is 0.0324. The van der Waals surface area contributed by atoms with Crippen LogP contribution < -0.4 is 20.4 Å². The highest BCUT2D eigenvalue weighted by Crippen LogP contribution is 2.43. The van der Waals surface area contributed by atoms with Crippen LogP contribution >= 0.6 is 6.72 Å². The number of unbranched alkanes of at least 4 members (excludes halogenated alkanes) is 10. The maximum absolute atomic E-state index is 14.0. The Bertz CT molecular complexity index is 3070. The van der Waals surface area contributed by atoms with E-state index in [2.05, 4.69) is 26.9 Å². The number of phenols is 1. The third kappa shape index (κ3) is 14.1. The third-order valence-corrected chi connectivity index (χ3v) is 14.6. The molecule has 73 heavy (non-hydrogen) atoms. The summed E-state index contributed by atoms with van der Waals surface area (Å²) >= 11 is 4.84. The number of anilines is 1. The van der Waals surface area contributed by atoms with Crippen molar-refractivity contribution in [1.29, 1.82) is 0 Å². The predicted molar refractivity (Wildman–Crippen MR) is 283 cm³/mol. The van der Waals surface area contributed by atoms with E-state index in [1.165, 1.54) is 25.3 Å². The van der Waals surface area contributed by atoms with Crippen molar-refractivity contribution in [2.45, 2.75) is 116 Å². The number of amides is 2. The molecule has 19 heteroatoms. The highest BCUT2D eigenvalue weighted by Gasteiger charge is 2.29. The lowest BCUT2D eigenvalue weighted by atomic mass is 9.95. The standard InChI is InChI=1S/C54H63N8O9PS/c1-68-72(67,73)70-34-20-9-6-17-31-55-49(65)29-30-50(66)61-36-40-23-13-14-24-42(40)52-51(43-25-15-16-26-45(43)61)57-59-62(52)33-19-8-5-3-2-4-7-18-32-60-37-41(56-58-60)38-69-54-46(63)28-27-44-47(64)35-48(71-53(44)54)39-21-11-10-12-22-39/h10-16,21-28,35,37,63H,2-9,17-20,29-34,36,38H2,1H3,(H,55,65)(H,67,73). The molecule has 4 heterocycles. The van der Waals surface area contributed by atoms with Crippen LogP contribution in [0.1, 0.15) is 101 Å². The summed E-state index contributed by atoms with van der Waals surface area (Å²) in [6, 6.07) is 29.6. The van der Waals surface area contributed by atoms with E-state index >= 15 is 0 Å². The second-order valence-corrected chi connectivity index (χ2v) is 21.1. The van der Waals surface area contributed by atoms with Gasteiger partial charge in [0.2, 0.25) is 17.6 Å². The summed E-state index contributed by atoms with van der Waals surface area (Å²) < 4.78 is 25.9. The van der Waals surface area contributed by atoms with Crippen LogP contribution in [0.25, 0.3) is 44.8 Å². The van der Waals surface area contributed by atoms with Gasteiger partial charge in [-0.3, -0.25) is 19.1 Å². The van der Waals surface area contributed by atoms with Crippen molar-refractivity contribution in [1.82, 2.24) is 35.3 Å². The van der Waals surface area contributed by atoms with Crippen molar-refractivity contribution in [2.75, 3.05) is 25.2 Å². The molecule has 1 aliphatic rings. The third-order valence-electron chi connectivity index (χ3n) is 12.9. The van der Waals surface area contributed by atoms with Crippen molar-refractivity contribution in [2.24, 2.45) is 0 Å². The van der Waals surface area contributed by atoms with Crippen LogP contribution in [0.3, 0.4) is 0 Å². The van der Waals surface area contributed by atoms with Gasteiger partial charge in [-0.1, -0.05) is 135 Å². The Kier molecular flexibility index (Phi) is 18.7. The highest BCUT2D eigenvalue weighted by molar-refractivity contribution is 8.07. The number of hydrogen-bond donors (Lipinski definition) is 3. The molecule has 7 aromatic rings. The Hall–Kier alpha value is -6.56. The summed E-state index contributed by atoms with van der Waals surface area (Å²) in [6.45, 7) is -0.439. The van der Waals surface area contributed by atoms with Crippen LogP contribution in [0.2, 0.25) is 0 Å². The van der Waals surface area contributed by atoms with Gasteiger partial charge in [0.1, 0.15) is 23.8 Å². The van der Waals surface area contributed by atoms with Gasteiger partial charge in [-0.25, -0.2) is 4.68 Å². The average molecular weight is 1030 g/mol. The normalized spacial score (nSPS) is 12.9. The number of phenolic OH excluding ortho intramolecular Hbond substituents is 1. The zero-order valence-electron chi connectivity index (χ0n) is 41.2. The number of benzene rings is 4. The minimum absolute atomic E-state index is 0.0431. The molecule has 0 spiro atoms. The molecule has 0 radical (unpaired) electrons. The molecule has 4 aromatic carbocycles. The lowest BCUT2D eigenvalue weighted by molar-refractivity contribution is -0.125. The first-order valence-electron chi connectivity index (χ1n) is 25.2. The molecule has 0 bridgehead atoms. The Morgan fingerprint density at radius 3 is 2.29 bits per heavy atom. The van der Waals surface area contributed by atoms with Crippen molar-refractivity contribution in [3.63, 3.8) is 0 Å². The van der Waals surface area contributed by atoms with Crippen LogP contribution in [0.15, 0.2) is 112 Å². The molecule has 8 rings (SSSR count). The molecule has 384 valence electrons. The van der Waals surface area contributed by atoms with Gasteiger partial charge in [0.25, 0.3) is 0 Å². The van der Waals surface area contributed by atoms with Gasteiger partial charge >= 0.3 is 6.72 Å². The summed E-state index contributed by atoms with van der Waals surface area (Å²) in [5.41, 5.74) is 6.51. The van der Waals surface area contributed by atoms with E-state index in [1.807, 2.05) is 83.7 Å². The molecule has 2 amide bonds. The number of hydrogen-bond acceptors (Lipinski definition) is 13. The van der Waals surface area contributed by atoms with Crippen LogP contribution in [0.4, 0.5) is 5.69 Å². The van der Waals surface area contributed by atoms with Gasteiger partial charge in [-0.05, 0) is 61.3 Å². The smallest absolute Gasteiger partial charge is 0.324 e. The molecule has 0 aliphatic carbocycles. The molecule has 17 nitrogen and oxygen atoms in total. The Balaban J connectivity index is 0.755. The SMILES string of the molecule is COP(O)(=S)OCCCCCCNC(=O)CCC(=O)N1Cc2ccccc2-c2c(nnn2CCCCCCCCCCn2cc(COc3c(O)ccc4c(=O)cc(-c5ccccc5)oc34)nn2)-c2ccccc21. The molecule has 0 fully saturated rings. The zero-order valence-corrected chi connectivity index (χ0v) is 42.9. The Labute approximate surface area is 429 Å². The van der Waals surface area contributed by atoms with E-state index in [0.29, 0.717) is 36.5 Å². The molecule has 1 unspecified atom stereocenters. The predicted octanol–water partition coefficient (Wildman–Crippen LogP) is 10.3. The van der Waals surface area contributed by atoms with Crippen molar-refractivity contribution >= 4 is 47.0 Å². The van der Waals surface area contributed by atoms with Crippen molar-refractivity contribution in [3.8, 4) is 45.3 Å². The highest BCUT2D eigenvalue weighted by atomic mass is 32.5. The topological polar surface area (TPSA) is 209 Å². The number of para-hydroxylation sites is 1. The lowest BCUT2D eigenvalue weighted by Crippen LogP contribution is -2.33. The van der Waals surface area contributed by atoms with Gasteiger partial charge in [-0.2, -0.15) is 0 Å². The largest absolute Gasteiger partial charge is 0.504 e. The molecular formula is C54H63N8O9PS. The summed E-state index contributed by atoms with van der Waals surface area (Å²) in [5, 5.41) is 31.9. The molecule has 1 atom stereocenters. The number of fused-ring (bicyclic) bond motifs is 6. The summed E-state index contributed by atoms with van der Waals surface area (Å²) in [6.07, 6.45) is 13.9. The van der Waals surface area contributed by atoms with Gasteiger partial charge in [0.05, 0.1) is 36.1 Å². The lowest BCUT2D eigenvalue weighted by Gasteiger charge is -2.28. The fraction of sp³-hybridized carbons (Fsp3) is 0.389. The Morgan fingerprint density at radius 1 is 0.795 bits per heavy atom. The maximum atomic E-state index is 14.0. The second-order valence-electron chi connectivity index (χ2n) is 18.1. The molecule has 3 N–H and O–H groups in total. The first kappa shape index (κ1) is 52.8. The molecule has 0 saturated carbocycles. The molecule has 1 aliphatic heterocycles. The number of aromatic nitrogens is 6. The number of nitrogens with one attached hydrogen (secondary N) is 1. The van der Waals surface area contributed by atoms with Gasteiger partial charge in [0.15, 0.2) is 16.8 Å². The van der Waals surface area contributed by atoms with Gasteiger partial charge in [0, 0.05) is 62.3 Å². The number of aryl methyl sites for hydroxylation is 2. The van der Waals surface area contributed by atoms with Gasteiger partial charge in [-0.15, -0.1) is 10.2 Å². The van der Waals surface area contributed by atoms with Crippen LogP contribution in [0, 0.1) is 0 Å². The van der Waals surface area contributed by atoms with E-state index in [0.717, 1.165) is 129 Å². The average Bonchev–Trinajstić information content (AvgIpc) is 4.05. The minimum Gasteiger partial charge on any atom is -0.504 e. The molecule has 3 aromatic heterocycles. The van der Waals surface area contributed by atoms with E-state index in [9.17, 15) is 24.4 Å². The van der Waals surface area contributed by atoms with Crippen molar-refractivity contribution < 1.29 is 37.8 Å². The number of rotatable bonds is 27. The summed E-state index contributed by atoms with van der Waals surface area (Å²) in [5.74, 6) is 0.0291. The number of nitrogens with zero attached hydrogens (tertiary/aromatic N) is 7. The number of carbonyl (C=O) groups excluding carboxylic acids is 2. The number of carbonyl (C=O) groups is 2. The van der Waals surface area contributed by atoms with E-state index in [-0.39, 0.29) is 53.8 Å². The molecule has 0 saturated heterocycles. The van der Waals surface area contributed by atoms with E-state index in [1.54, 1.807) is 9.58 Å². The maximum Gasteiger partial charge on any atom is 0.324 e. The fourth-order valence-electron chi connectivity index (χ4n) is 9.00. The van der Waals surface area contributed by atoms with E-state index in [4.69, 9.17) is 35.1 Å². The summed E-state index contributed by atoms with van der Waals surface area (Å²) in [7, 11) is 1.33. The van der Waals surface area contributed by atoms with Crippen LogP contribution in [-0.2, 0) is 56.7 Å². The minimum atomic E-state index is -3.13. The molecular weight excluding hydrogens is 968 g/mol. The van der Waals surface area contributed by atoms with Crippen LogP contribution in [-0.4, -0.2) is 72.1 Å². The fourth-order valence-corrected chi connectivity index (χ4v) is 9.69. The van der Waals surface area contributed by atoms with Crippen molar-refractivity contribution in [3.05, 3.63) is 125 Å². The second kappa shape index (κ2) is 25.9. The van der Waals surface area contributed by atoms with Crippen LogP contribution in [0.5, 0.6) is 11.5 Å². The summed E-state index contributed by atoms with van der Waals surface area (Å²) in [4.78, 5) is 51.2. The number of ether oxygens (including phenoxy) is 1. The number of aromatic hydroxyl groups is 1. The first-order valence-corrected chi connectivity index (χ1v) is 27.8.